The molecule has 0 spiro atoms. The molecule has 1 aromatic heterocycles. The van der Waals surface area contributed by atoms with Crippen LogP contribution in [-0.2, 0) is 0 Å². The highest BCUT2D eigenvalue weighted by Crippen LogP contribution is 2.28. The Balaban J connectivity index is 2.18. The lowest BCUT2D eigenvalue weighted by Gasteiger charge is -2.02. The summed E-state index contributed by atoms with van der Waals surface area (Å²) in [4.78, 5) is 12.6. The maximum atomic E-state index is 13.3. The quantitative estimate of drug-likeness (QED) is 0.644. The van der Waals surface area contributed by atoms with Crippen LogP contribution >= 0.6 is 0 Å². The Hall–Kier alpha value is -2.42. The smallest absolute Gasteiger partial charge is 0.228 e. The SMILES string of the molecule is Cc1ccccc1C(=O)c1oc2ccc(F)cc2c1C. The number of carbonyl (C=O) groups excluding carboxylic acids is 1. The third-order valence-corrected chi connectivity index (χ3v) is 3.49. The first-order valence-electron chi connectivity index (χ1n) is 6.37. The number of fused-ring (bicyclic) bond motifs is 1. The minimum atomic E-state index is -0.337. The minimum Gasteiger partial charge on any atom is -0.452 e. The lowest BCUT2D eigenvalue weighted by molar-refractivity contribution is 0.101. The van der Waals surface area contributed by atoms with Crippen molar-refractivity contribution in [3.8, 4) is 0 Å². The summed E-state index contributed by atoms with van der Waals surface area (Å²) in [5.41, 5.74) is 2.70. The van der Waals surface area contributed by atoms with E-state index in [1.165, 1.54) is 12.1 Å². The van der Waals surface area contributed by atoms with E-state index < -0.39 is 0 Å². The summed E-state index contributed by atoms with van der Waals surface area (Å²) in [6.07, 6.45) is 0. The fraction of sp³-hybridized carbons (Fsp3) is 0.118. The van der Waals surface area contributed by atoms with E-state index in [0.29, 0.717) is 22.1 Å². The van der Waals surface area contributed by atoms with E-state index in [9.17, 15) is 9.18 Å². The average Bonchev–Trinajstić information content (AvgIpc) is 2.76. The van der Waals surface area contributed by atoms with Gasteiger partial charge in [-0.15, -0.1) is 0 Å². The number of rotatable bonds is 2. The lowest BCUT2D eigenvalue weighted by atomic mass is 10.0. The second-order valence-electron chi connectivity index (χ2n) is 4.84. The second-order valence-corrected chi connectivity index (χ2v) is 4.84. The Morgan fingerprint density at radius 1 is 1.10 bits per heavy atom. The summed E-state index contributed by atoms with van der Waals surface area (Å²) in [6, 6.07) is 11.6. The van der Waals surface area contributed by atoms with Gasteiger partial charge in [0.1, 0.15) is 11.4 Å². The molecule has 0 aliphatic heterocycles. The van der Waals surface area contributed by atoms with Crippen LogP contribution in [0.2, 0.25) is 0 Å². The summed E-state index contributed by atoms with van der Waals surface area (Å²) in [7, 11) is 0. The van der Waals surface area contributed by atoms with Crippen molar-refractivity contribution >= 4 is 16.8 Å². The Bertz CT molecular complexity index is 815. The van der Waals surface area contributed by atoms with Crippen LogP contribution in [0.4, 0.5) is 4.39 Å². The normalized spacial score (nSPS) is 10.9. The molecule has 0 amide bonds. The fourth-order valence-electron chi connectivity index (χ4n) is 2.36. The van der Waals surface area contributed by atoms with E-state index in [0.717, 1.165) is 5.56 Å². The number of aryl methyl sites for hydroxylation is 2. The zero-order chi connectivity index (χ0) is 14.3. The first-order chi connectivity index (χ1) is 9.58. The summed E-state index contributed by atoms with van der Waals surface area (Å²) in [5, 5.41) is 0.641. The Labute approximate surface area is 115 Å². The van der Waals surface area contributed by atoms with E-state index in [-0.39, 0.29) is 17.4 Å². The highest BCUT2D eigenvalue weighted by molar-refractivity contribution is 6.11. The molecular weight excluding hydrogens is 255 g/mol. The molecule has 2 aromatic carbocycles. The van der Waals surface area contributed by atoms with Crippen LogP contribution in [0.5, 0.6) is 0 Å². The first kappa shape index (κ1) is 12.6. The molecule has 20 heavy (non-hydrogen) atoms. The molecule has 0 fully saturated rings. The molecular formula is C17H13FO2. The van der Waals surface area contributed by atoms with Crippen LogP contribution in [0.1, 0.15) is 27.2 Å². The summed E-state index contributed by atoms with van der Waals surface area (Å²) in [6.45, 7) is 3.65. The van der Waals surface area contributed by atoms with Gasteiger partial charge in [-0.1, -0.05) is 24.3 Å². The van der Waals surface area contributed by atoms with E-state index in [1.807, 2.05) is 25.1 Å². The van der Waals surface area contributed by atoms with Gasteiger partial charge in [-0.25, -0.2) is 4.39 Å². The highest BCUT2D eigenvalue weighted by Gasteiger charge is 2.20. The van der Waals surface area contributed by atoms with Crippen molar-refractivity contribution in [2.75, 3.05) is 0 Å². The largest absolute Gasteiger partial charge is 0.452 e. The van der Waals surface area contributed by atoms with Crippen LogP contribution in [0.3, 0.4) is 0 Å². The molecule has 0 atom stereocenters. The molecule has 3 heteroatoms. The van der Waals surface area contributed by atoms with Gasteiger partial charge in [0, 0.05) is 16.5 Å². The Morgan fingerprint density at radius 2 is 1.85 bits per heavy atom. The van der Waals surface area contributed by atoms with E-state index >= 15 is 0 Å². The maximum absolute atomic E-state index is 13.3. The van der Waals surface area contributed by atoms with Gasteiger partial charge < -0.3 is 4.42 Å². The first-order valence-corrected chi connectivity index (χ1v) is 6.37. The van der Waals surface area contributed by atoms with Crippen molar-refractivity contribution < 1.29 is 13.6 Å². The molecule has 0 unspecified atom stereocenters. The molecule has 3 rings (SSSR count). The van der Waals surface area contributed by atoms with Crippen LogP contribution < -0.4 is 0 Å². The minimum absolute atomic E-state index is 0.169. The molecule has 0 radical (unpaired) electrons. The Morgan fingerprint density at radius 3 is 2.60 bits per heavy atom. The third-order valence-electron chi connectivity index (χ3n) is 3.49. The molecule has 0 aliphatic rings. The van der Waals surface area contributed by atoms with Gasteiger partial charge in [-0.3, -0.25) is 4.79 Å². The van der Waals surface area contributed by atoms with Crippen LogP contribution in [0.25, 0.3) is 11.0 Å². The summed E-state index contributed by atoms with van der Waals surface area (Å²) < 4.78 is 18.9. The van der Waals surface area contributed by atoms with Gasteiger partial charge >= 0.3 is 0 Å². The molecule has 2 nitrogen and oxygen atoms in total. The molecule has 0 saturated heterocycles. The topological polar surface area (TPSA) is 30.2 Å². The average molecular weight is 268 g/mol. The van der Waals surface area contributed by atoms with Crippen molar-refractivity contribution in [3.05, 3.63) is 70.7 Å². The number of carbonyl (C=O) groups is 1. The van der Waals surface area contributed by atoms with E-state index in [4.69, 9.17) is 4.42 Å². The number of hydrogen-bond acceptors (Lipinski definition) is 2. The van der Waals surface area contributed by atoms with Gasteiger partial charge in [0.25, 0.3) is 0 Å². The number of ketones is 1. The van der Waals surface area contributed by atoms with Crippen molar-refractivity contribution in [2.45, 2.75) is 13.8 Å². The van der Waals surface area contributed by atoms with E-state index in [1.54, 1.807) is 19.1 Å². The zero-order valence-electron chi connectivity index (χ0n) is 11.2. The van der Waals surface area contributed by atoms with Gasteiger partial charge in [0.15, 0.2) is 5.76 Å². The van der Waals surface area contributed by atoms with Gasteiger partial charge in [-0.2, -0.15) is 0 Å². The van der Waals surface area contributed by atoms with Crippen LogP contribution in [-0.4, -0.2) is 5.78 Å². The monoisotopic (exact) mass is 268 g/mol. The van der Waals surface area contributed by atoms with E-state index in [2.05, 4.69) is 0 Å². The molecule has 100 valence electrons. The molecule has 1 heterocycles. The lowest BCUT2D eigenvalue weighted by Crippen LogP contribution is -2.03. The molecule has 0 aliphatic carbocycles. The number of benzene rings is 2. The number of hydrogen-bond donors (Lipinski definition) is 0. The molecule has 0 N–H and O–H groups in total. The van der Waals surface area contributed by atoms with Gasteiger partial charge in [0.2, 0.25) is 5.78 Å². The highest BCUT2D eigenvalue weighted by atomic mass is 19.1. The predicted molar refractivity (Wildman–Crippen MR) is 75.5 cm³/mol. The van der Waals surface area contributed by atoms with Crippen molar-refractivity contribution in [2.24, 2.45) is 0 Å². The molecule has 3 aromatic rings. The van der Waals surface area contributed by atoms with Crippen molar-refractivity contribution in [1.82, 2.24) is 0 Å². The molecule has 0 bridgehead atoms. The van der Waals surface area contributed by atoms with Crippen LogP contribution in [0, 0.1) is 19.7 Å². The van der Waals surface area contributed by atoms with Gasteiger partial charge in [0.05, 0.1) is 0 Å². The summed E-state index contributed by atoms with van der Waals surface area (Å²) >= 11 is 0. The van der Waals surface area contributed by atoms with Crippen molar-refractivity contribution in [1.29, 1.82) is 0 Å². The maximum Gasteiger partial charge on any atom is 0.228 e. The van der Waals surface area contributed by atoms with Crippen molar-refractivity contribution in [3.63, 3.8) is 0 Å². The number of halogens is 1. The second kappa shape index (κ2) is 4.60. The Kier molecular flexibility index (Phi) is 2.90. The number of furan rings is 1. The zero-order valence-corrected chi connectivity index (χ0v) is 11.2. The predicted octanol–water partition coefficient (Wildman–Crippen LogP) is 4.42. The third kappa shape index (κ3) is 1.92. The standard InChI is InChI=1S/C17H13FO2/c1-10-5-3-4-6-13(10)16(19)17-11(2)14-9-12(18)7-8-15(14)20-17/h3-9H,1-2H3. The van der Waals surface area contributed by atoms with Gasteiger partial charge in [-0.05, 0) is 37.6 Å². The summed E-state index contributed by atoms with van der Waals surface area (Å²) in [5.74, 6) is -0.228. The fourth-order valence-corrected chi connectivity index (χ4v) is 2.36. The molecule has 0 saturated carbocycles. The van der Waals surface area contributed by atoms with Crippen LogP contribution in [0.15, 0.2) is 46.9 Å².